The third-order valence-corrected chi connectivity index (χ3v) is 3.41. The third-order valence-electron chi connectivity index (χ3n) is 3.41. The number of rotatable bonds is 3. The summed E-state index contributed by atoms with van der Waals surface area (Å²) in [5.74, 6) is -1.10. The molecule has 1 unspecified atom stereocenters. The molecule has 1 saturated heterocycles. The first kappa shape index (κ1) is 14.4. The first-order valence-electron chi connectivity index (χ1n) is 6.53. The van der Waals surface area contributed by atoms with E-state index in [1.165, 1.54) is 0 Å². The second-order valence-corrected chi connectivity index (χ2v) is 4.92. The number of hydrogen-bond donors (Lipinski definition) is 3. The van der Waals surface area contributed by atoms with Crippen molar-refractivity contribution in [2.75, 3.05) is 25.5 Å². The maximum atomic E-state index is 12.2. The number of urea groups is 1. The zero-order valence-electron chi connectivity index (χ0n) is 11.6. The molecule has 2 heterocycles. The summed E-state index contributed by atoms with van der Waals surface area (Å²) in [5, 5.41) is 11.7. The summed E-state index contributed by atoms with van der Waals surface area (Å²) in [6, 6.07) is 1.31. The Hall–Kier alpha value is -2.02. The van der Waals surface area contributed by atoms with Crippen molar-refractivity contribution >= 4 is 17.7 Å². The molecule has 1 aliphatic heterocycles. The fourth-order valence-corrected chi connectivity index (χ4v) is 2.37. The van der Waals surface area contributed by atoms with Crippen LogP contribution in [0.2, 0.25) is 0 Å². The molecular formula is C13H19N3O4. The number of nitrogens with one attached hydrogen (secondary N) is 2. The number of ether oxygens (including phenoxy) is 1. The number of hydrogen-bond acceptors (Lipinski definition) is 3. The van der Waals surface area contributed by atoms with E-state index in [1.54, 1.807) is 25.0 Å². The van der Waals surface area contributed by atoms with Crippen LogP contribution in [0.3, 0.4) is 0 Å². The van der Waals surface area contributed by atoms with Gasteiger partial charge in [-0.25, -0.2) is 9.59 Å². The average molecular weight is 281 g/mol. The van der Waals surface area contributed by atoms with Crippen molar-refractivity contribution in [3.63, 3.8) is 0 Å². The Bertz CT molecular complexity index is 512. The number of amides is 2. The van der Waals surface area contributed by atoms with E-state index in [2.05, 4.69) is 10.3 Å². The molecule has 2 rings (SSSR count). The fourth-order valence-electron chi connectivity index (χ4n) is 2.37. The Morgan fingerprint density at radius 1 is 1.55 bits per heavy atom. The number of carboxylic acid groups (broad SMARTS) is 1. The predicted octanol–water partition coefficient (Wildman–Crippen LogP) is 1.66. The van der Waals surface area contributed by atoms with Gasteiger partial charge < -0.3 is 25.0 Å². The van der Waals surface area contributed by atoms with Gasteiger partial charge in [0.15, 0.2) is 0 Å². The topological polar surface area (TPSA) is 94.7 Å². The molecule has 2 amide bonds. The molecule has 7 heteroatoms. The van der Waals surface area contributed by atoms with Crippen molar-refractivity contribution in [3.8, 4) is 0 Å². The number of carboxylic acids is 1. The van der Waals surface area contributed by atoms with E-state index in [4.69, 9.17) is 9.84 Å². The highest BCUT2D eigenvalue weighted by molar-refractivity contribution is 5.99. The van der Waals surface area contributed by atoms with E-state index >= 15 is 0 Å². The largest absolute Gasteiger partial charge is 0.477 e. The number of aromatic carboxylic acids is 1. The van der Waals surface area contributed by atoms with E-state index in [0.717, 1.165) is 12.8 Å². The van der Waals surface area contributed by atoms with Gasteiger partial charge in [-0.3, -0.25) is 0 Å². The van der Waals surface area contributed by atoms with Gasteiger partial charge in [-0.05, 0) is 25.8 Å². The Morgan fingerprint density at radius 3 is 2.95 bits per heavy atom. The Morgan fingerprint density at radius 2 is 2.30 bits per heavy atom. The molecule has 7 nitrogen and oxygen atoms in total. The minimum Gasteiger partial charge on any atom is -0.477 e. The summed E-state index contributed by atoms with van der Waals surface area (Å²) in [4.78, 5) is 27.6. The molecule has 0 spiro atoms. The number of likely N-dealkylation sites (tertiary alicyclic amines) is 1. The minimum atomic E-state index is -1.10. The van der Waals surface area contributed by atoms with Crippen LogP contribution in [-0.2, 0) is 4.74 Å². The molecule has 1 aliphatic rings. The normalized spacial score (nSPS) is 18.9. The van der Waals surface area contributed by atoms with Crippen molar-refractivity contribution in [1.29, 1.82) is 0 Å². The summed E-state index contributed by atoms with van der Waals surface area (Å²) in [7, 11) is 1.63. The van der Waals surface area contributed by atoms with Gasteiger partial charge in [0, 0.05) is 25.9 Å². The van der Waals surface area contributed by atoms with Gasteiger partial charge in [0.2, 0.25) is 0 Å². The highest BCUT2D eigenvalue weighted by Crippen LogP contribution is 2.19. The lowest BCUT2D eigenvalue weighted by Crippen LogP contribution is -2.45. The van der Waals surface area contributed by atoms with E-state index in [9.17, 15) is 9.59 Å². The number of nitrogens with zero attached hydrogens (tertiary/aromatic N) is 1. The first-order valence-corrected chi connectivity index (χ1v) is 6.53. The number of anilines is 1. The van der Waals surface area contributed by atoms with Crippen LogP contribution in [0.15, 0.2) is 6.07 Å². The average Bonchev–Trinajstić information content (AvgIpc) is 2.80. The number of piperidine rings is 1. The molecular weight excluding hydrogens is 262 g/mol. The van der Waals surface area contributed by atoms with Gasteiger partial charge in [-0.1, -0.05) is 0 Å². The fraction of sp³-hybridized carbons (Fsp3) is 0.538. The van der Waals surface area contributed by atoms with Gasteiger partial charge in [-0.2, -0.15) is 0 Å². The lowest BCUT2D eigenvalue weighted by Gasteiger charge is -2.31. The van der Waals surface area contributed by atoms with Gasteiger partial charge in [-0.15, -0.1) is 0 Å². The minimum absolute atomic E-state index is 0.00356. The number of aryl methyl sites for hydroxylation is 1. The van der Waals surface area contributed by atoms with Crippen molar-refractivity contribution in [3.05, 3.63) is 17.5 Å². The molecule has 0 aliphatic carbocycles. The molecule has 20 heavy (non-hydrogen) atoms. The predicted molar refractivity (Wildman–Crippen MR) is 73.1 cm³/mol. The number of aromatic amines is 1. The summed E-state index contributed by atoms with van der Waals surface area (Å²) in [6.07, 6.45) is 1.86. The van der Waals surface area contributed by atoms with Gasteiger partial charge in [0.1, 0.15) is 5.69 Å². The van der Waals surface area contributed by atoms with Crippen LogP contribution in [-0.4, -0.2) is 53.3 Å². The van der Waals surface area contributed by atoms with Gasteiger partial charge in [0.25, 0.3) is 0 Å². The van der Waals surface area contributed by atoms with Crippen LogP contribution in [0.5, 0.6) is 0 Å². The van der Waals surface area contributed by atoms with Crippen LogP contribution < -0.4 is 5.32 Å². The molecule has 0 radical (unpaired) electrons. The Kier molecular flexibility index (Phi) is 4.29. The van der Waals surface area contributed by atoms with Crippen molar-refractivity contribution in [2.45, 2.75) is 25.9 Å². The smallest absolute Gasteiger partial charge is 0.354 e. The van der Waals surface area contributed by atoms with Crippen LogP contribution in [0, 0.1) is 6.92 Å². The summed E-state index contributed by atoms with van der Waals surface area (Å²) in [6.45, 7) is 2.91. The summed E-state index contributed by atoms with van der Waals surface area (Å²) in [5.41, 5.74) is 0.974. The van der Waals surface area contributed by atoms with Crippen LogP contribution in [0.4, 0.5) is 10.5 Å². The molecule has 1 atom stereocenters. The van der Waals surface area contributed by atoms with Gasteiger partial charge in [0.05, 0.1) is 11.8 Å². The molecule has 0 aromatic carbocycles. The number of carbonyl (C=O) groups excluding carboxylic acids is 1. The quantitative estimate of drug-likeness (QED) is 0.785. The number of aromatic nitrogens is 1. The van der Waals surface area contributed by atoms with Crippen molar-refractivity contribution in [2.24, 2.45) is 0 Å². The second-order valence-electron chi connectivity index (χ2n) is 4.92. The lowest BCUT2D eigenvalue weighted by molar-refractivity contribution is 0.0458. The summed E-state index contributed by atoms with van der Waals surface area (Å²) < 4.78 is 5.27. The van der Waals surface area contributed by atoms with E-state index in [1.807, 2.05) is 0 Å². The molecule has 0 saturated carbocycles. The van der Waals surface area contributed by atoms with Crippen molar-refractivity contribution in [1.82, 2.24) is 9.88 Å². The highest BCUT2D eigenvalue weighted by Gasteiger charge is 2.24. The standard InChI is InChI=1S/C13H19N3O4/c1-8-6-10(11(14-8)12(17)18)15-13(19)16-5-3-4-9(7-16)20-2/h6,9,14H,3-5,7H2,1-2H3,(H,15,19)(H,17,18). The third kappa shape index (κ3) is 3.11. The number of carbonyl (C=O) groups is 2. The second kappa shape index (κ2) is 5.96. The zero-order chi connectivity index (χ0) is 14.7. The maximum Gasteiger partial charge on any atom is 0.354 e. The van der Waals surface area contributed by atoms with E-state index < -0.39 is 5.97 Å². The van der Waals surface area contributed by atoms with E-state index in [-0.39, 0.29) is 17.8 Å². The number of H-pyrrole nitrogens is 1. The molecule has 3 N–H and O–H groups in total. The molecule has 0 bridgehead atoms. The summed E-state index contributed by atoms with van der Waals surface area (Å²) >= 11 is 0. The SMILES string of the molecule is COC1CCCN(C(=O)Nc2cc(C)[nH]c2C(=O)O)C1. The molecule has 1 aromatic heterocycles. The zero-order valence-corrected chi connectivity index (χ0v) is 11.6. The van der Waals surface area contributed by atoms with Gasteiger partial charge >= 0.3 is 12.0 Å². The Balaban J connectivity index is 2.06. The van der Waals surface area contributed by atoms with Crippen LogP contribution in [0.1, 0.15) is 29.0 Å². The molecule has 110 valence electrons. The Labute approximate surface area is 116 Å². The highest BCUT2D eigenvalue weighted by atomic mass is 16.5. The van der Waals surface area contributed by atoms with E-state index in [0.29, 0.717) is 24.5 Å². The molecule has 1 aromatic rings. The molecule has 1 fully saturated rings. The number of methoxy groups -OCH3 is 1. The monoisotopic (exact) mass is 281 g/mol. The van der Waals surface area contributed by atoms with Crippen LogP contribution >= 0.6 is 0 Å². The van der Waals surface area contributed by atoms with Crippen molar-refractivity contribution < 1.29 is 19.4 Å². The maximum absolute atomic E-state index is 12.2. The van der Waals surface area contributed by atoms with Crippen LogP contribution in [0.25, 0.3) is 0 Å². The first-order chi connectivity index (χ1) is 9.51. The lowest BCUT2D eigenvalue weighted by atomic mass is 10.1.